The topological polar surface area (TPSA) is 96.4 Å². The van der Waals surface area contributed by atoms with Crippen LogP contribution in [0.25, 0.3) is 10.8 Å². The second-order valence-corrected chi connectivity index (χ2v) is 6.32. The average Bonchev–Trinajstić information content (AvgIpc) is 2.64. The number of rotatable bonds is 5. The second-order valence-electron chi connectivity index (χ2n) is 5.40. The molecule has 1 heterocycles. The fraction of sp³-hybridized carbons (Fsp3) is 0.111. The molecular formula is C18H15BrN4O3. The third-order valence-electron chi connectivity index (χ3n) is 3.69. The minimum absolute atomic E-state index is 0.00967. The average molecular weight is 415 g/mol. The minimum atomic E-state index is -0.347. The fourth-order valence-corrected chi connectivity index (χ4v) is 2.86. The molecule has 0 aliphatic rings. The van der Waals surface area contributed by atoms with Crippen molar-refractivity contribution in [3.63, 3.8) is 0 Å². The van der Waals surface area contributed by atoms with Gasteiger partial charge < -0.3 is 4.74 Å². The molecule has 0 saturated heterocycles. The zero-order valence-corrected chi connectivity index (χ0v) is 15.4. The number of ether oxygens (including phenoxy) is 1. The number of nitrogens with one attached hydrogen (secondary N) is 2. The van der Waals surface area contributed by atoms with E-state index in [9.17, 15) is 9.59 Å². The number of H-pyrrole nitrogens is 1. The van der Waals surface area contributed by atoms with Crippen LogP contribution in [0.2, 0.25) is 0 Å². The highest BCUT2D eigenvalue weighted by Gasteiger charge is 2.10. The number of halogens is 1. The van der Waals surface area contributed by atoms with E-state index in [-0.39, 0.29) is 17.9 Å². The summed E-state index contributed by atoms with van der Waals surface area (Å²) in [5.41, 5.74) is 3.37. The Morgan fingerprint density at radius 2 is 2.08 bits per heavy atom. The van der Waals surface area contributed by atoms with Crippen LogP contribution in [0, 0.1) is 0 Å². The van der Waals surface area contributed by atoms with Crippen molar-refractivity contribution in [1.29, 1.82) is 0 Å². The first kappa shape index (κ1) is 17.8. The number of carbonyl (C=O) groups is 1. The fourth-order valence-electron chi connectivity index (χ4n) is 2.48. The van der Waals surface area contributed by atoms with Gasteiger partial charge in [0.15, 0.2) is 0 Å². The van der Waals surface area contributed by atoms with Gasteiger partial charge in [-0.1, -0.05) is 34.1 Å². The Labute approximate surface area is 157 Å². The zero-order valence-electron chi connectivity index (χ0n) is 13.8. The summed E-state index contributed by atoms with van der Waals surface area (Å²) in [7, 11) is 1.56. The Kier molecular flexibility index (Phi) is 5.43. The van der Waals surface area contributed by atoms with Crippen LogP contribution in [-0.4, -0.2) is 29.4 Å². The molecule has 26 heavy (non-hydrogen) atoms. The molecule has 0 atom stereocenters. The SMILES string of the molecule is COc1ccc(Br)cc1/C=N/NC(=O)Cc1n[nH]c(=O)c2ccccc12. The number of amides is 1. The minimum Gasteiger partial charge on any atom is -0.496 e. The molecule has 2 aromatic carbocycles. The van der Waals surface area contributed by atoms with E-state index in [1.165, 1.54) is 6.21 Å². The van der Waals surface area contributed by atoms with Crippen molar-refractivity contribution >= 4 is 38.8 Å². The number of hydrazone groups is 1. The van der Waals surface area contributed by atoms with E-state index in [2.05, 4.69) is 36.7 Å². The van der Waals surface area contributed by atoms with Gasteiger partial charge in [-0.05, 0) is 24.3 Å². The summed E-state index contributed by atoms with van der Waals surface area (Å²) in [5, 5.41) is 11.5. The van der Waals surface area contributed by atoms with Crippen molar-refractivity contribution in [3.05, 3.63) is 68.5 Å². The Balaban J connectivity index is 1.73. The first-order chi connectivity index (χ1) is 12.6. The van der Waals surface area contributed by atoms with Gasteiger partial charge >= 0.3 is 0 Å². The third-order valence-corrected chi connectivity index (χ3v) is 4.18. The molecule has 0 spiro atoms. The van der Waals surface area contributed by atoms with Gasteiger partial charge in [0, 0.05) is 15.4 Å². The van der Waals surface area contributed by atoms with E-state index in [1.807, 2.05) is 12.1 Å². The zero-order chi connectivity index (χ0) is 18.5. The van der Waals surface area contributed by atoms with E-state index in [1.54, 1.807) is 37.4 Å². The number of hydrogen-bond acceptors (Lipinski definition) is 5. The monoisotopic (exact) mass is 414 g/mol. The van der Waals surface area contributed by atoms with E-state index >= 15 is 0 Å². The van der Waals surface area contributed by atoms with Crippen molar-refractivity contribution < 1.29 is 9.53 Å². The highest BCUT2D eigenvalue weighted by Crippen LogP contribution is 2.21. The summed E-state index contributed by atoms with van der Waals surface area (Å²) < 4.78 is 6.11. The van der Waals surface area contributed by atoms with Crippen molar-refractivity contribution in [2.75, 3.05) is 7.11 Å². The quantitative estimate of drug-likeness (QED) is 0.494. The molecule has 0 unspecified atom stereocenters. The lowest BCUT2D eigenvalue weighted by Crippen LogP contribution is -2.22. The molecule has 0 aliphatic carbocycles. The van der Waals surface area contributed by atoms with Crippen LogP contribution in [-0.2, 0) is 11.2 Å². The maximum Gasteiger partial charge on any atom is 0.272 e. The largest absolute Gasteiger partial charge is 0.496 e. The number of benzene rings is 2. The van der Waals surface area contributed by atoms with Crippen LogP contribution >= 0.6 is 15.9 Å². The molecule has 3 aromatic rings. The van der Waals surface area contributed by atoms with E-state index in [4.69, 9.17) is 4.74 Å². The smallest absolute Gasteiger partial charge is 0.272 e. The summed E-state index contributed by atoms with van der Waals surface area (Å²) in [6.07, 6.45) is 1.49. The van der Waals surface area contributed by atoms with Gasteiger partial charge in [0.05, 0.1) is 30.8 Å². The number of methoxy groups -OCH3 is 1. The molecule has 7 nitrogen and oxygen atoms in total. The molecule has 0 aliphatic heterocycles. The number of fused-ring (bicyclic) bond motifs is 1. The third kappa shape index (κ3) is 3.97. The van der Waals surface area contributed by atoms with Gasteiger partial charge in [0.1, 0.15) is 5.75 Å². The molecule has 0 radical (unpaired) electrons. The van der Waals surface area contributed by atoms with Crippen molar-refractivity contribution in [2.24, 2.45) is 5.10 Å². The van der Waals surface area contributed by atoms with Crippen LogP contribution in [0.4, 0.5) is 0 Å². The van der Waals surface area contributed by atoms with E-state index in [0.717, 1.165) is 10.0 Å². The van der Waals surface area contributed by atoms with Gasteiger partial charge in [-0.2, -0.15) is 10.2 Å². The summed E-state index contributed by atoms with van der Waals surface area (Å²) >= 11 is 3.38. The molecule has 1 amide bonds. The molecule has 3 rings (SSSR count). The van der Waals surface area contributed by atoms with Crippen LogP contribution in [0.3, 0.4) is 0 Å². The van der Waals surface area contributed by atoms with Crippen LogP contribution in [0.1, 0.15) is 11.3 Å². The molecule has 1 aromatic heterocycles. The summed E-state index contributed by atoms with van der Waals surface area (Å²) in [5.74, 6) is 0.291. The van der Waals surface area contributed by atoms with Gasteiger partial charge in [-0.15, -0.1) is 0 Å². The molecule has 0 bridgehead atoms. The van der Waals surface area contributed by atoms with E-state index < -0.39 is 0 Å². The maximum absolute atomic E-state index is 12.2. The predicted octanol–water partition coefficient (Wildman–Crippen LogP) is 2.39. The number of aromatic nitrogens is 2. The Bertz CT molecular complexity index is 1050. The van der Waals surface area contributed by atoms with Gasteiger partial charge in [-0.25, -0.2) is 10.5 Å². The van der Waals surface area contributed by atoms with E-state index in [0.29, 0.717) is 22.2 Å². The molecule has 0 saturated carbocycles. The molecule has 132 valence electrons. The predicted molar refractivity (Wildman–Crippen MR) is 102 cm³/mol. The van der Waals surface area contributed by atoms with Crippen molar-refractivity contribution in [2.45, 2.75) is 6.42 Å². The molecule has 2 N–H and O–H groups in total. The first-order valence-corrected chi connectivity index (χ1v) is 8.49. The second kappa shape index (κ2) is 7.92. The Hall–Kier alpha value is -3.00. The van der Waals surface area contributed by atoms with Crippen molar-refractivity contribution in [3.8, 4) is 5.75 Å². The van der Waals surface area contributed by atoms with Gasteiger partial charge in [-0.3, -0.25) is 9.59 Å². The molecule has 8 heteroatoms. The van der Waals surface area contributed by atoms with Crippen LogP contribution in [0.5, 0.6) is 5.75 Å². The maximum atomic E-state index is 12.2. The highest BCUT2D eigenvalue weighted by atomic mass is 79.9. The number of hydrogen-bond donors (Lipinski definition) is 2. The normalized spacial score (nSPS) is 11.0. The summed E-state index contributed by atoms with van der Waals surface area (Å²) in [4.78, 5) is 23.9. The lowest BCUT2D eigenvalue weighted by atomic mass is 10.1. The lowest BCUT2D eigenvalue weighted by Gasteiger charge is -2.05. The first-order valence-electron chi connectivity index (χ1n) is 7.70. The van der Waals surface area contributed by atoms with Gasteiger partial charge in [0.2, 0.25) is 5.91 Å². The van der Waals surface area contributed by atoms with Crippen molar-refractivity contribution in [1.82, 2.24) is 15.6 Å². The Morgan fingerprint density at radius 3 is 2.85 bits per heavy atom. The van der Waals surface area contributed by atoms with Crippen LogP contribution < -0.4 is 15.7 Å². The number of aromatic amines is 1. The number of nitrogens with zero attached hydrogens (tertiary/aromatic N) is 2. The Morgan fingerprint density at radius 1 is 1.31 bits per heavy atom. The summed E-state index contributed by atoms with van der Waals surface area (Å²) in [6.45, 7) is 0. The highest BCUT2D eigenvalue weighted by molar-refractivity contribution is 9.10. The van der Waals surface area contributed by atoms with Crippen LogP contribution in [0.15, 0.2) is 56.8 Å². The molecular weight excluding hydrogens is 400 g/mol. The summed E-state index contributed by atoms with van der Waals surface area (Å²) in [6, 6.07) is 12.5. The molecule has 0 fully saturated rings. The number of carbonyl (C=O) groups excluding carboxylic acids is 1. The lowest BCUT2D eigenvalue weighted by molar-refractivity contribution is -0.120. The van der Waals surface area contributed by atoms with Gasteiger partial charge in [0.25, 0.3) is 5.56 Å². The standard InChI is InChI=1S/C18H15BrN4O3/c1-26-16-7-6-12(19)8-11(16)10-20-22-17(24)9-15-13-4-2-3-5-14(13)18(25)23-21-15/h2-8,10H,9H2,1H3,(H,22,24)(H,23,25)/b20-10+.